The third-order valence-electron chi connectivity index (χ3n) is 3.45. The lowest BCUT2D eigenvalue weighted by molar-refractivity contribution is 0.0461. The molecular formula is C17H14Cl2N6O2. The number of para-hydroxylation sites is 1. The number of hydrogen-bond acceptors (Lipinski definition) is 8. The normalized spacial score (nSPS) is 10.5. The molecule has 0 unspecified atom stereocenters. The van der Waals surface area contributed by atoms with Gasteiger partial charge in [0.15, 0.2) is 12.4 Å². The number of nitrogens with two attached hydrogens (primary N) is 1. The van der Waals surface area contributed by atoms with Crippen LogP contribution in [0.1, 0.15) is 21.7 Å². The van der Waals surface area contributed by atoms with E-state index in [-0.39, 0.29) is 40.1 Å². The van der Waals surface area contributed by atoms with E-state index in [1.54, 1.807) is 0 Å². The van der Waals surface area contributed by atoms with Gasteiger partial charge in [-0.1, -0.05) is 41.4 Å². The van der Waals surface area contributed by atoms with Gasteiger partial charge in [0.05, 0.1) is 10.6 Å². The van der Waals surface area contributed by atoms with Crippen LogP contribution in [-0.4, -0.2) is 25.9 Å². The molecule has 1 aromatic carbocycles. The highest BCUT2D eigenvalue weighted by atomic mass is 35.5. The van der Waals surface area contributed by atoms with Crippen LogP contribution in [0.5, 0.6) is 0 Å². The molecule has 0 atom stereocenters. The number of anilines is 3. The number of benzene rings is 1. The van der Waals surface area contributed by atoms with E-state index in [9.17, 15) is 4.79 Å². The molecule has 3 rings (SSSR count). The maximum absolute atomic E-state index is 12.1. The summed E-state index contributed by atoms with van der Waals surface area (Å²) in [5, 5.41) is 3.32. The van der Waals surface area contributed by atoms with Gasteiger partial charge < -0.3 is 15.8 Å². The number of nitrogens with zero attached hydrogens (tertiary/aromatic N) is 4. The lowest BCUT2D eigenvalue weighted by Gasteiger charge is -2.10. The standard InChI is InChI=1S/C17H14Cl2N6O2/c1-9-4-2-3-5-12(9)22-17-24-13(23-16(20)25-17)8-27-15(26)10-6-11(18)14(19)21-7-10/h2-7H,8H2,1H3,(H3,20,22,23,24,25). The Morgan fingerprint density at radius 3 is 2.74 bits per heavy atom. The molecule has 0 radical (unpaired) electrons. The van der Waals surface area contributed by atoms with Crippen LogP contribution in [0.4, 0.5) is 17.6 Å². The van der Waals surface area contributed by atoms with E-state index in [1.807, 2.05) is 31.2 Å². The van der Waals surface area contributed by atoms with Gasteiger partial charge >= 0.3 is 5.97 Å². The number of aromatic nitrogens is 4. The van der Waals surface area contributed by atoms with Crippen molar-refractivity contribution in [3.05, 3.63) is 63.7 Å². The fourth-order valence-electron chi connectivity index (χ4n) is 2.14. The largest absolute Gasteiger partial charge is 0.454 e. The second-order valence-corrected chi connectivity index (χ2v) is 6.21. The molecule has 3 N–H and O–H groups in total. The molecule has 0 fully saturated rings. The summed E-state index contributed by atoms with van der Waals surface area (Å²) in [4.78, 5) is 28.1. The molecule has 0 aliphatic carbocycles. The summed E-state index contributed by atoms with van der Waals surface area (Å²) in [5.74, 6) is -0.198. The topological polar surface area (TPSA) is 116 Å². The van der Waals surface area contributed by atoms with E-state index in [0.29, 0.717) is 0 Å². The summed E-state index contributed by atoms with van der Waals surface area (Å²) < 4.78 is 5.18. The number of hydrogen-bond donors (Lipinski definition) is 2. The number of pyridine rings is 1. The second kappa shape index (κ2) is 8.15. The first-order valence-corrected chi connectivity index (χ1v) is 8.49. The van der Waals surface area contributed by atoms with Gasteiger partial charge in [0.25, 0.3) is 0 Å². The van der Waals surface area contributed by atoms with Gasteiger partial charge in [-0.15, -0.1) is 0 Å². The third-order valence-corrected chi connectivity index (χ3v) is 4.14. The van der Waals surface area contributed by atoms with Crippen LogP contribution in [0.2, 0.25) is 10.2 Å². The Kier molecular flexibility index (Phi) is 5.68. The van der Waals surface area contributed by atoms with E-state index in [4.69, 9.17) is 33.7 Å². The molecule has 0 aliphatic rings. The maximum Gasteiger partial charge on any atom is 0.340 e. The van der Waals surface area contributed by atoms with Crippen molar-refractivity contribution < 1.29 is 9.53 Å². The van der Waals surface area contributed by atoms with Crippen LogP contribution < -0.4 is 11.1 Å². The number of ether oxygens (including phenoxy) is 1. The summed E-state index contributed by atoms with van der Waals surface area (Å²) in [5.41, 5.74) is 7.71. The first-order valence-electron chi connectivity index (χ1n) is 7.73. The number of halogens is 2. The molecule has 3 aromatic rings. The van der Waals surface area contributed by atoms with Crippen molar-refractivity contribution in [1.29, 1.82) is 0 Å². The van der Waals surface area contributed by atoms with Crippen LogP contribution >= 0.6 is 23.2 Å². The minimum Gasteiger partial charge on any atom is -0.454 e. The summed E-state index contributed by atoms with van der Waals surface area (Å²) in [7, 11) is 0. The molecule has 27 heavy (non-hydrogen) atoms. The lowest BCUT2D eigenvalue weighted by Crippen LogP contribution is -2.11. The number of aryl methyl sites for hydroxylation is 1. The SMILES string of the molecule is Cc1ccccc1Nc1nc(N)nc(COC(=O)c2cnc(Cl)c(Cl)c2)n1. The van der Waals surface area contributed by atoms with Crippen molar-refractivity contribution in [3.8, 4) is 0 Å². The fraction of sp³-hybridized carbons (Fsp3) is 0.118. The van der Waals surface area contributed by atoms with Crippen molar-refractivity contribution in [2.45, 2.75) is 13.5 Å². The highest BCUT2D eigenvalue weighted by Crippen LogP contribution is 2.21. The molecule has 2 heterocycles. The maximum atomic E-state index is 12.1. The smallest absolute Gasteiger partial charge is 0.340 e. The zero-order valence-electron chi connectivity index (χ0n) is 14.1. The Labute approximate surface area is 164 Å². The minimum atomic E-state index is -0.645. The van der Waals surface area contributed by atoms with Crippen molar-refractivity contribution >= 4 is 46.8 Å². The van der Waals surface area contributed by atoms with Gasteiger partial charge in [-0.2, -0.15) is 15.0 Å². The average molecular weight is 405 g/mol. The highest BCUT2D eigenvalue weighted by molar-refractivity contribution is 6.41. The minimum absolute atomic E-state index is 0.00309. The Bertz CT molecular complexity index is 999. The molecule has 0 aliphatic heterocycles. The van der Waals surface area contributed by atoms with E-state index in [1.165, 1.54) is 12.3 Å². The van der Waals surface area contributed by atoms with Crippen LogP contribution in [0, 0.1) is 6.92 Å². The monoisotopic (exact) mass is 404 g/mol. The van der Waals surface area contributed by atoms with Crippen LogP contribution in [0.25, 0.3) is 0 Å². The van der Waals surface area contributed by atoms with E-state index < -0.39 is 5.97 Å². The number of nitrogen functional groups attached to an aromatic ring is 1. The van der Waals surface area contributed by atoms with Gasteiger partial charge in [-0.05, 0) is 24.6 Å². The van der Waals surface area contributed by atoms with Gasteiger partial charge in [0, 0.05) is 11.9 Å². The molecule has 8 nitrogen and oxygen atoms in total. The van der Waals surface area contributed by atoms with Crippen LogP contribution in [0.3, 0.4) is 0 Å². The van der Waals surface area contributed by atoms with Crippen molar-refractivity contribution in [3.63, 3.8) is 0 Å². The molecule has 138 valence electrons. The quantitative estimate of drug-likeness (QED) is 0.489. The van der Waals surface area contributed by atoms with Crippen molar-refractivity contribution in [2.24, 2.45) is 0 Å². The number of carbonyl (C=O) groups is 1. The van der Waals surface area contributed by atoms with Crippen LogP contribution in [0.15, 0.2) is 36.5 Å². The van der Waals surface area contributed by atoms with E-state index in [0.717, 1.165) is 11.3 Å². The molecule has 0 saturated heterocycles. The molecular weight excluding hydrogens is 391 g/mol. The molecule has 0 saturated carbocycles. The Morgan fingerprint density at radius 1 is 1.22 bits per heavy atom. The summed E-state index contributed by atoms with van der Waals surface area (Å²) in [6.07, 6.45) is 1.27. The summed E-state index contributed by atoms with van der Waals surface area (Å²) >= 11 is 11.6. The molecule has 2 aromatic heterocycles. The predicted molar refractivity (Wildman–Crippen MR) is 102 cm³/mol. The number of rotatable bonds is 5. The van der Waals surface area contributed by atoms with Crippen LogP contribution in [-0.2, 0) is 11.3 Å². The number of nitrogens with one attached hydrogen (secondary N) is 1. The molecule has 0 bridgehead atoms. The third kappa shape index (κ3) is 4.81. The zero-order valence-corrected chi connectivity index (χ0v) is 15.6. The lowest BCUT2D eigenvalue weighted by atomic mass is 10.2. The average Bonchev–Trinajstić information content (AvgIpc) is 2.63. The van der Waals surface area contributed by atoms with E-state index >= 15 is 0 Å². The van der Waals surface area contributed by atoms with Gasteiger partial charge in [0.1, 0.15) is 5.15 Å². The first kappa shape index (κ1) is 18.8. The molecule has 10 heteroatoms. The Morgan fingerprint density at radius 2 is 2.00 bits per heavy atom. The summed E-state index contributed by atoms with van der Waals surface area (Å²) in [6.45, 7) is 1.75. The number of carbonyl (C=O) groups excluding carboxylic acids is 1. The Hall–Kier alpha value is -2.97. The van der Waals surface area contributed by atoms with Crippen molar-refractivity contribution in [2.75, 3.05) is 11.1 Å². The molecule has 0 amide bonds. The predicted octanol–water partition coefficient (Wildman–Crippen LogP) is 3.56. The molecule has 0 spiro atoms. The fourth-order valence-corrected chi connectivity index (χ4v) is 2.41. The van der Waals surface area contributed by atoms with Gasteiger partial charge in [-0.3, -0.25) is 0 Å². The Balaban J connectivity index is 1.71. The summed E-state index contributed by atoms with van der Waals surface area (Å²) in [6, 6.07) is 9.00. The van der Waals surface area contributed by atoms with Gasteiger partial charge in [0.2, 0.25) is 11.9 Å². The van der Waals surface area contributed by atoms with E-state index in [2.05, 4.69) is 25.3 Å². The van der Waals surface area contributed by atoms with Crippen molar-refractivity contribution in [1.82, 2.24) is 19.9 Å². The zero-order chi connectivity index (χ0) is 19.4. The number of esters is 1. The first-order chi connectivity index (χ1) is 12.9. The second-order valence-electron chi connectivity index (χ2n) is 5.45. The van der Waals surface area contributed by atoms with Gasteiger partial charge in [-0.25, -0.2) is 9.78 Å². The highest BCUT2D eigenvalue weighted by Gasteiger charge is 2.13.